The van der Waals surface area contributed by atoms with Gasteiger partial charge in [-0.25, -0.2) is 0 Å². The van der Waals surface area contributed by atoms with Crippen molar-refractivity contribution in [3.63, 3.8) is 0 Å². The summed E-state index contributed by atoms with van der Waals surface area (Å²) in [7, 11) is 0. The number of aryl methyl sites for hydroxylation is 2. The third-order valence-corrected chi connectivity index (χ3v) is 9.44. The third kappa shape index (κ3) is 10.4. The quantitative estimate of drug-likeness (QED) is 0.194. The van der Waals surface area contributed by atoms with Crippen LogP contribution in [0, 0.1) is 5.41 Å². The monoisotopic (exact) mass is 662 g/mol. The number of carbonyl (C=O) groups is 2. The number of hydrogen-bond acceptors (Lipinski definition) is 6. The zero-order valence-electron chi connectivity index (χ0n) is 31.9. The largest absolute Gasteiger partial charge is 0.507 e. The first-order chi connectivity index (χ1) is 21.9. The van der Waals surface area contributed by atoms with Gasteiger partial charge < -0.3 is 19.7 Å². The van der Waals surface area contributed by atoms with Gasteiger partial charge in [0, 0.05) is 18.3 Å². The highest BCUT2D eigenvalue weighted by atomic mass is 16.5. The molecule has 2 aromatic carbocycles. The van der Waals surface area contributed by atoms with Gasteiger partial charge in [0.15, 0.2) is 0 Å². The molecule has 6 nitrogen and oxygen atoms in total. The number of aromatic hydroxyl groups is 2. The van der Waals surface area contributed by atoms with Crippen LogP contribution in [0.1, 0.15) is 149 Å². The Hall–Kier alpha value is -3.28. The summed E-state index contributed by atoms with van der Waals surface area (Å²) < 4.78 is 11.7. The summed E-state index contributed by atoms with van der Waals surface area (Å²) in [6.45, 7) is 25.3. The first-order valence-corrected chi connectivity index (χ1v) is 17.6. The number of phenols is 2. The van der Waals surface area contributed by atoms with Gasteiger partial charge in [-0.1, -0.05) is 120 Å². The number of phenolic OH excluding ortho intramolecular Hbond substituents is 2. The Kier molecular flexibility index (Phi) is 12.0. The standard InChI is InChI=1S/C42H62O6/c1-38(2,3)30-22-28(23-31(36(30)45)39(4,5)6)16-18-34(43)47-26-42(20-14-13-15-21-42)27-48-35(44)19-17-29-24-32(40(7,8)9)37(46)33(25-29)41(10,11)12/h13-14,22-25,45-46H,15-21,26-27H2,1-12H3. The molecular weight excluding hydrogens is 600 g/mol. The van der Waals surface area contributed by atoms with Crippen molar-refractivity contribution in [1.29, 1.82) is 0 Å². The molecule has 1 aliphatic carbocycles. The van der Waals surface area contributed by atoms with Crippen LogP contribution in [0.2, 0.25) is 0 Å². The Bertz CT molecular complexity index is 1310. The maximum absolute atomic E-state index is 13.0. The Morgan fingerprint density at radius 2 is 0.938 bits per heavy atom. The lowest BCUT2D eigenvalue weighted by Crippen LogP contribution is -2.35. The molecule has 0 radical (unpaired) electrons. The van der Waals surface area contributed by atoms with E-state index >= 15 is 0 Å². The fourth-order valence-corrected chi connectivity index (χ4v) is 6.31. The van der Waals surface area contributed by atoms with Crippen LogP contribution < -0.4 is 0 Å². The van der Waals surface area contributed by atoms with Gasteiger partial charge in [-0.2, -0.15) is 0 Å². The summed E-state index contributed by atoms with van der Waals surface area (Å²) in [4.78, 5) is 26.1. The molecule has 0 heterocycles. The van der Waals surface area contributed by atoms with Crippen molar-refractivity contribution >= 4 is 11.9 Å². The molecule has 0 unspecified atom stereocenters. The highest BCUT2D eigenvalue weighted by Crippen LogP contribution is 2.41. The van der Waals surface area contributed by atoms with E-state index in [4.69, 9.17) is 9.47 Å². The van der Waals surface area contributed by atoms with Crippen LogP contribution in [0.3, 0.4) is 0 Å². The summed E-state index contributed by atoms with van der Waals surface area (Å²) in [5.74, 6) is 0.0928. The molecule has 0 aliphatic heterocycles. The number of rotatable bonds is 10. The number of benzene rings is 2. The SMILES string of the molecule is CC(C)(C)c1cc(CCC(=O)OCC2(COC(=O)CCc3cc(C(C)(C)C)c(O)c(C(C)(C)C)c3)CC=CCC2)cc(C(C)(C)C)c1O. The summed E-state index contributed by atoms with van der Waals surface area (Å²) in [5.41, 5.74) is 4.09. The number of ether oxygens (including phenoxy) is 2. The molecule has 48 heavy (non-hydrogen) atoms. The van der Waals surface area contributed by atoms with Crippen molar-refractivity contribution < 1.29 is 29.3 Å². The van der Waals surface area contributed by atoms with E-state index in [0.717, 1.165) is 46.2 Å². The number of esters is 2. The van der Waals surface area contributed by atoms with Gasteiger partial charge in [0.1, 0.15) is 24.7 Å². The van der Waals surface area contributed by atoms with Crippen molar-refractivity contribution in [2.75, 3.05) is 13.2 Å². The van der Waals surface area contributed by atoms with E-state index in [2.05, 4.69) is 95.2 Å². The van der Waals surface area contributed by atoms with Crippen LogP contribution in [0.15, 0.2) is 36.4 Å². The number of hydrogen-bond donors (Lipinski definition) is 2. The molecule has 1 aliphatic rings. The normalized spacial score (nSPS) is 15.3. The molecule has 2 aromatic rings. The molecule has 0 saturated heterocycles. The summed E-state index contributed by atoms with van der Waals surface area (Å²) >= 11 is 0. The second kappa shape index (κ2) is 14.7. The zero-order valence-corrected chi connectivity index (χ0v) is 31.9. The van der Waals surface area contributed by atoms with E-state index in [1.165, 1.54) is 0 Å². The highest BCUT2D eigenvalue weighted by Gasteiger charge is 2.34. The van der Waals surface area contributed by atoms with Gasteiger partial charge in [0.2, 0.25) is 0 Å². The molecule has 0 spiro atoms. The smallest absolute Gasteiger partial charge is 0.306 e. The van der Waals surface area contributed by atoms with Crippen molar-refractivity contribution in [1.82, 2.24) is 0 Å². The minimum Gasteiger partial charge on any atom is -0.507 e. The zero-order chi connectivity index (χ0) is 36.3. The van der Waals surface area contributed by atoms with E-state index in [1.807, 2.05) is 24.3 Å². The van der Waals surface area contributed by atoms with E-state index in [0.29, 0.717) is 30.8 Å². The van der Waals surface area contributed by atoms with Crippen LogP contribution in [-0.4, -0.2) is 35.4 Å². The van der Waals surface area contributed by atoms with Gasteiger partial charge >= 0.3 is 11.9 Å². The Labute approximate surface area is 290 Å². The maximum atomic E-state index is 13.0. The lowest BCUT2D eigenvalue weighted by molar-refractivity contribution is -0.154. The lowest BCUT2D eigenvalue weighted by atomic mass is 9.78. The minimum atomic E-state index is -0.450. The molecular formula is C42H62O6. The molecule has 0 amide bonds. The van der Waals surface area contributed by atoms with E-state index in [-0.39, 0.29) is 59.7 Å². The Balaban J connectivity index is 1.64. The number of carbonyl (C=O) groups excluding carboxylic acids is 2. The van der Waals surface area contributed by atoms with Crippen LogP contribution >= 0.6 is 0 Å². The summed E-state index contributed by atoms with van der Waals surface area (Å²) in [6.07, 6.45) is 7.97. The molecule has 6 heteroatoms. The average molecular weight is 663 g/mol. The van der Waals surface area contributed by atoms with Crippen LogP contribution in [-0.2, 0) is 53.6 Å². The lowest BCUT2D eigenvalue weighted by Gasteiger charge is -2.33. The minimum absolute atomic E-state index is 0.196. The van der Waals surface area contributed by atoms with Crippen LogP contribution in [0.5, 0.6) is 11.5 Å². The van der Waals surface area contributed by atoms with Crippen molar-refractivity contribution in [2.24, 2.45) is 5.41 Å². The molecule has 0 saturated carbocycles. The molecule has 0 atom stereocenters. The summed E-state index contributed by atoms with van der Waals surface area (Å²) in [5, 5.41) is 22.1. The van der Waals surface area contributed by atoms with Crippen molar-refractivity contribution in [3.05, 3.63) is 69.8 Å². The Morgan fingerprint density at radius 3 is 1.21 bits per heavy atom. The molecule has 3 rings (SSSR count). The van der Waals surface area contributed by atoms with Crippen molar-refractivity contribution in [2.45, 2.75) is 150 Å². The molecule has 0 bridgehead atoms. The van der Waals surface area contributed by atoms with Gasteiger partial charge in [-0.05, 0) is 87.1 Å². The molecule has 0 fully saturated rings. The van der Waals surface area contributed by atoms with E-state index in [9.17, 15) is 19.8 Å². The number of allylic oxidation sites excluding steroid dienone is 2. The first-order valence-electron chi connectivity index (χ1n) is 17.6. The fraction of sp³-hybridized carbons (Fsp3) is 0.619. The second-order valence-electron chi connectivity index (χ2n) is 18.1. The maximum Gasteiger partial charge on any atom is 0.306 e. The predicted molar refractivity (Wildman–Crippen MR) is 195 cm³/mol. The predicted octanol–water partition coefficient (Wildman–Crippen LogP) is 9.67. The molecule has 0 aromatic heterocycles. The van der Waals surface area contributed by atoms with Gasteiger partial charge in [-0.15, -0.1) is 0 Å². The molecule has 2 N–H and O–H groups in total. The van der Waals surface area contributed by atoms with Gasteiger partial charge in [-0.3, -0.25) is 9.59 Å². The highest BCUT2D eigenvalue weighted by molar-refractivity contribution is 5.70. The van der Waals surface area contributed by atoms with Crippen LogP contribution in [0.4, 0.5) is 0 Å². The fourth-order valence-electron chi connectivity index (χ4n) is 6.31. The van der Waals surface area contributed by atoms with Gasteiger partial charge in [0.05, 0.1) is 0 Å². The summed E-state index contributed by atoms with van der Waals surface area (Å²) in [6, 6.07) is 8.04. The Morgan fingerprint density at radius 1 is 0.604 bits per heavy atom. The average Bonchev–Trinajstić information content (AvgIpc) is 2.96. The second-order valence-corrected chi connectivity index (χ2v) is 18.1. The third-order valence-electron chi connectivity index (χ3n) is 9.44. The van der Waals surface area contributed by atoms with E-state index in [1.54, 1.807) is 0 Å². The van der Waals surface area contributed by atoms with Crippen molar-refractivity contribution in [3.8, 4) is 11.5 Å². The van der Waals surface area contributed by atoms with Crippen LogP contribution in [0.25, 0.3) is 0 Å². The first kappa shape index (κ1) is 39.2. The molecule has 266 valence electrons. The van der Waals surface area contributed by atoms with E-state index < -0.39 is 5.41 Å². The van der Waals surface area contributed by atoms with Gasteiger partial charge in [0.25, 0.3) is 0 Å². The topological polar surface area (TPSA) is 93.1 Å².